The molecule has 0 bridgehead atoms. The van der Waals surface area contributed by atoms with Gasteiger partial charge in [-0.25, -0.2) is 9.37 Å². The number of pyridine rings is 1. The number of aromatic nitrogens is 1. The van der Waals surface area contributed by atoms with Crippen LogP contribution in [0, 0.1) is 11.8 Å². The van der Waals surface area contributed by atoms with Gasteiger partial charge in [0, 0.05) is 13.2 Å². The topological polar surface area (TPSA) is 42.4 Å². The van der Waals surface area contributed by atoms with Crippen LogP contribution in [0.3, 0.4) is 0 Å². The Morgan fingerprint density at radius 2 is 2.00 bits per heavy atom. The van der Waals surface area contributed by atoms with Gasteiger partial charge in [0.15, 0.2) is 11.6 Å². The van der Waals surface area contributed by atoms with Crippen LogP contribution >= 0.6 is 0 Å². The number of carbonyl (C=O) groups excluding carboxylic acids is 1. The van der Waals surface area contributed by atoms with E-state index in [9.17, 15) is 13.6 Å². The number of hydrogen-bond acceptors (Lipinski definition) is 3. The Labute approximate surface area is 121 Å². The largest absolute Gasteiger partial charge is 0.489 e. The molecular weight excluding hydrogens is 278 g/mol. The molecule has 4 nitrogen and oxygen atoms in total. The predicted molar refractivity (Wildman–Crippen MR) is 73.1 cm³/mol. The van der Waals surface area contributed by atoms with E-state index in [4.69, 9.17) is 4.74 Å². The minimum absolute atomic E-state index is 0.141. The summed E-state index contributed by atoms with van der Waals surface area (Å²) in [6.45, 7) is 0.419. The van der Waals surface area contributed by atoms with Crippen molar-refractivity contribution in [2.24, 2.45) is 0 Å². The summed E-state index contributed by atoms with van der Waals surface area (Å²) in [6.07, 6.45) is 1.17. The summed E-state index contributed by atoms with van der Waals surface area (Å²) in [5.74, 6) is -1.26. The molecule has 1 amide bonds. The zero-order valence-corrected chi connectivity index (χ0v) is 11.4. The molecular formula is C15H14F2N2O2. The Morgan fingerprint density at radius 3 is 2.67 bits per heavy atom. The normalized spacial score (nSPS) is 10.2. The van der Waals surface area contributed by atoms with Gasteiger partial charge in [-0.05, 0) is 24.3 Å². The third kappa shape index (κ3) is 3.98. The van der Waals surface area contributed by atoms with Crippen molar-refractivity contribution in [1.29, 1.82) is 0 Å². The SMILES string of the molecule is CN(CCOc1ccccc1F)C(=O)c1ccc(F)nc1. The number of carbonyl (C=O) groups is 1. The molecule has 1 aromatic carbocycles. The van der Waals surface area contributed by atoms with Crippen LogP contribution in [0.4, 0.5) is 8.78 Å². The van der Waals surface area contributed by atoms with Gasteiger partial charge in [0.2, 0.25) is 5.95 Å². The monoisotopic (exact) mass is 292 g/mol. The molecule has 0 aliphatic heterocycles. The molecule has 0 spiro atoms. The molecule has 21 heavy (non-hydrogen) atoms. The lowest BCUT2D eigenvalue weighted by molar-refractivity contribution is 0.0772. The highest BCUT2D eigenvalue weighted by Crippen LogP contribution is 2.15. The summed E-state index contributed by atoms with van der Waals surface area (Å²) in [5.41, 5.74) is 0.282. The average Bonchev–Trinajstić information content (AvgIpc) is 2.49. The lowest BCUT2D eigenvalue weighted by Crippen LogP contribution is -2.31. The van der Waals surface area contributed by atoms with Crippen LogP contribution in [0.5, 0.6) is 5.75 Å². The standard InChI is InChI=1S/C15H14F2N2O2/c1-19(15(20)11-6-7-14(17)18-10-11)8-9-21-13-5-3-2-4-12(13)16/h2-7,10H,8-9H2,1H3. The molecule has 1 heterocycles. The fraction of sp³-hybridized carbons (Fsp3) is 0.200. The number of benzene rings is 1. The van der Waals surface area contributed by atoms with Crippen LogP contribution in [-0.2, 0) is 0 Å². The van der Waals surface area contributed by atoms with Crippen LogP contribution in [0.2, 0.25) is 0 Å². The maximum absolute atomic E-state index is 13.3. The molecule has 0 saturated heterocycles. The van der Waals surface area contributed by atoms with Gasteiger partial charge in [0.1, 0.15) is 6.61 Å². The Bertz CT molecular complexity index is 617. The predicted octanol–water partition coefficient (Wildman–Crippen LogP) is 2.51. The summed E-state index contributed by atoms with van der Waals surface area (Å²) in [4.78, 5) is 16.8. The molecule has 6 heteroatoms. The molecule has 1 aromatic heterocycles. The maximum Gasteiger partial charge on any atom is 0.255 e. The first-order chi connectivity index (χ1) is 10.1. The number of nitrogens with zero attached hydrogens (tertiary/aromatic N) is 2. The second-order valence-electron chi connectivity index (χ2n) is 4.38. The van der Waals surface area contributed by atoms with E-state index in [2.05, 4.69) is 4.98 Å². The van der Waals surface area contributed by atoms with Crippen molar-refractivity contribution in [3.05, 3.63) is 59.9 Å². The van der Waals surface area contributed by atoms with Crippen LogP contribution in [0.15, 0.2) is 42.6 Å². The Morgan fingerprint density at radius 1 is 1.24 bits per heavy atom. The molecule has 2 aromatic rings. The molecule has 0 unspecified atom stereocenters. The van der Waals surface area contributed by atoms with Crippen molar-refractivity contribution in [1.82, 2.24) is 9.88 Å². The fourth-order valence-electron chi connectivity index (χ4n) is 1.68. The third-order valence-electron chi connectivity index (χ3n) is 2.84. The summed E-state index contributed by atoms with van der Waals surface area (Å²) < 4.78 is 31.3. The molecule has 0 radical (unpaired) electrons. The van der Waals surface area contributed by atoms with Gasteiger partial charge in [0.25, 0.3) is 5.91 Å². The van der Waals surface area contributed by atoms with Gasteiger partial charge in [-0.3, -0.25) is 4.79 Å². The first kappa shape index (κ1) is 14.9. The molecule has 0 aliphatic rings. The van der Waals surface area contributed by atoms with E-state index in [0.29, 0.717) is 0 Å². The highest BCUT2D eigenvalue weighted by molar-refractivity contribution is 5.93. The summed E-state index contributed by atoms with van der Waals surface area (Å²) in [7, 11) is 1.58. The number of likely N-dealkylation sites (N-methyl/N-ethyl adjacent to an activating group) is 1. The molecule has 0 atom stereocenters. The molecule has 0 N–H and O–H groups in total. The van der Waals surface area contributed by atoms with E-state index in [0.717, 1.165) is 6.07 Å². The second-order valence-corrected chi connectivity index (χ2v) is 4.38. The number of ether oxygens (including phenoxy) is 1. The zero-order chi connectivity index (χ0) is 15.2. The first-order valence-electron chi connectivity index (χ1n) is 6.32. The number of rotatable bonds is 5. The van der Waals surface area contributed by atoms with Gasteiger partial charge < -0.3 is 9.64 Å². The zero-order valence-electron chi connectivity index (χ0n) is 11.4. The fourth-order valence-corrected chi connectivity index (χ4v) is 1.68. The molecule has 0 fully saturated rings. The van der Waals surface area contributed by atoms with E-state index in [1.807, 2.05) is 0 Å². The van der Waals surface area contributed by atoms with Crippen molar-refractivity contribution in [2.75, 3.05) is 20.2 Å². The minimum atomic E-state index is -0.642. The first-order valence-corrected chi connectivity index (χ1v) is 6.32. The van der Waals surface area contributed by atoms with Gasteiger partial charge >= 0.3 is 0 Å². The number of para-hydroxylation sites is 1. The molecule has 0 aliphatic carbocycles. The maximum atomic E-state index is 13.3. The van der Waals surface area contributed by atoms with E-state index in [1.54, 1.807) is 19.2 Å². The van der Waals surface area contributed by atoms with Crippen molar-refractivity contribution < 1.29 is 18.3 Å². The third-order valence-corrected chi connectivity index (χ3v) is 2.84. The highest BCUT2D eigenvalue weighted by atomic mass is 19.1. The summed E-state index contributed by atoms with van der Waals surface area (Å²) in [5, 5.41) is 0. The molecule has 110 valence electrons. The number of hydrogen-bond donors (Lipinski definition) is 0. The van der Waals surface area contributed by atoms with E-state index in [-0.39, 0.29) is 30.4 Å². The highest BCUT2D eigenvalue weighted by Gasteiger charge is 2.12. The molecule has 2 rings (SSSR count). The van der Waals surface area contributed by atoms with E-state index >= 15 is 0 Å². The lowest BCUT2D eigenvalue weighted by Gasteiger charge is -2.17. The van der Waals surface area contributed by atoms with Crippen molar-refractivity contribution in [3.8, 4) is 5.75 Å². The van der Waals surface area contributed by atoms with Gasteiger partial charge in [-0.1, -0.05) is 12.1 Å². The van der Waals surface area contributed by atoms with Crippen LogP contribution in [0.1, 0.15) is 10.4 Å². The van der Waals surface area contributed by atoms with Crippen LogP contribution in [-0.4, -0.2) is 36.0 Å². The quantitative estimate of drug-likeness (QED) is 0.795. The Hall–Kier alpha value is -2.50. The van der Waals surface area contributed by atoms with Crippen LogP contribution < -0.4 is 4.74 Å². The van der Waals surface area contributed by atoms with Gasteiger partial charge in [-0.15, -0.1) is 0 Å². The average molecular weight is 292 g/mol. The minimum Gasteiger partial charge on any atom is -0.489 e. The van der Waals surface area contributed by atoms with Crippen LogP contribution in [0.25, 0.3) is 0 Å². The van der Waals surface area contributed by atoms with E-state index in [1.165, 1.54) is 29.3 Å². The second kappa shape index (κ2) is 6.78. The number of halogens is 2. The molecule has 0 saturated carbocycles. The Kier molecular flexibility index (Phi) is 4.81. The van der Waals surface area contributed by atoms with Crippen molar-refractivity contribution in [2.45, 2.75) is 0 Å². The summed E-state index contributed by atoms with van der Waals surface area (Å²) in [6, 6.07) is 8.53. The Balaban J connectivity index is 1.87. The van der Waals surface area contributed by atoms with E-state index < -0.39 is 11.8 Å². The number of amides is 1. The van der Waals surface area contributed by atoms with Crippen molar-refractivity contribution in [3.63, 3.8) is 0 Å². The van der Waals surface area contributed by atoms with Crippen molar-refractivity contribution >= 4 is 5.91 Å². The summed E-state index contributed by atoms with van der Waals surface area (Å²) >= 11 is 0. The lowest BCUT2D eigenvalue weighted by atomic mass is 10.2. The smallest absolute Gasteiger partial charge is 0.255 e. The van der Waals surface area contributed by atoms with Gasteiger partial charge in [-0.2, -0.15) is 4.39 Å². The van der Waals surface area contributed by atoms with Gasteiger partial charge in [0.05, 0.1) is 12.1 Å².